The van der Waals surface area contributed by atoms with E-state index < -0.39 is 5.79 Å². The van der Waals surface area contributed by atoms with Crippen molar-refractivity contribution in [3.8, 4) is 0 Å². The van der Waals surface area contributed by atoms with Crippen LogP contribution in [0.3, 0.4) is 0 Å². The van der Waals surface area contributed by atoms with Gasteiger partial charge in [0.05, 0.1) is 0 Å². The lowest BCUT2D eigenvalue weighted by molar-refractivity contribution is -0.645. The van der Waals surface area contributed by atoms with E-state index in [0.717, 1.165) is 17.4 Å². The Morgan fingerprint density at radius 3 is 2.23 bits per heavy atom. The van der Waals surface area contributed by atoms with Gasteiger partial charge in [0.15, 0.2) is 5.60 Å². The van der Waals surface area contributed by atoms with E-state index in [-0.39, 0.29) is 5.60 Å². The second kappa shape index (κ2) is 4.37. The molecule has 5 aliphatic rings. The molecule has 22 heavy (non-hydrogen) atoms. The Balaban J connectivity index is 1.62. The van der Waals surface area contributed by atoms with Crippen LogP contribution in [0, 0.1) is 23.7 Å². The van der Waals surface area contributed by atoms with Gasteiger partial charge in [-0.1, -0.05) is 29.7 Å². The molecule has 3 nitrogen and oxygen atoms in total. The summed E-state index contributed by atoms with van der Waals surface area (Å²) in [7, 11) is 3.90. The lowest BCUT2D eigenvalue weighted by Crippen LogP contribution is -2.76. The van der Waals surface area contributed by atoms with Gasteiger partial charge >= 0.3 is 0 Å². The third-order valence-corrected chi connectivity index (χ3v) is 6.85. The highest BCUT2D eigenvalue weighted by molar-refractivity contribution is 6.32. The molecule has 1 aromatic carbocycles. The highest BCUT2D eigenvalue weighted by Crippen LogP contribution is 2.69. The third kappa shape index (κ3) is 1.44. The highest BCUT2D eigenvalue weighted by Gasteiger charge is 2.76. The van der Waals surface area contributed by atoms with Crippen LogP contribution in [-0.4, -0.2) is 20.6 Å². The van der Waals surface area contributed by atoms with E-state index in [0.29, 0.717) is 11.8 Å². The van der Waals surface area contributed by atoms with Crippen LogP contribution in [0.15, 0.2) is 24.3 Å². The number of hydrogen-bond acceptors (Lipinski definition) is 3. The second-order valence-electron chi connectivity index (χ2n) is 7.95. The molecule has 1 aromatic rings. The van der Waals surface area contributed by atoms with Gasteiger partial charge in [-0.2, -0.15) is 4.89 Å². The van der Waals surface area contributed by atoms with Crippen LogP contribution in [0.4, 0.5) is 0 Å². The Kier molecular flexibility index (Phi) is 2.70. The predicted octanol–water partition coefficient (Wildman–Crippen LogP) is 1.90. The Morgan fingerprint density at radius 2 is 1.73 bits per heavy atom. The van der Waals surface area contributed by atoms with E-state index in [1.54, 1.807) is 7.11 Å². The topological polar surface area (TPSA) is 27.7 Å². The van der Waals surface area contributed by atoms with E-state index in [4.69, 9.17) is 14.5 Å². The number of rotatable bonds is 2. The molecule has 0 amide bonds. The van der Waals surface area contributed by atoms with Crippen molar-refractivity contribution in [3.63, 3.8) is 0 Å². The van der Waals surface area contributed by atoms with Crippen LogP contribution < -0.4 is 5.46 Å². The van der Waals surface area contributed by atoms with Crippen LogP contribution in [-0.2, 0) is 20.3 Å². The molecule has 0 radical (unpaired) electrons. The Hall–Kier alpha value is -0.835. The molecule has 1 spiro atoms. The molecule has 0 N–H and O–H groups in total. The SMILES string of the molecule is Bc1cccc(C2(OC)OOC23C2CC4CC(C2)CC3C4)c1. The summed E-state index contributed by atoms with van der Waals surface area (Å²) in [6.07, 6.45) is 6.58. The molecule has 1 saturated heterocycles. The average molecular weight is 298 g/mol. The largest absolute Gasteiger partial charge is 0.345 e. The van der Waals surface area contributed by atoms with Gasteiger partial charge in [0, 0.05) is 12.7 Å². The van der Waals surface area contributed by atoms with Crippen molar-refractivity contribution in [2.24, 2.45) is 23.7 Å². The van der Waals surface area contributed by atoms with E-state index in [1.165, 1.54) is 37.6 Å². The van der Waals surface area contributed by atoms with Crippen molar-refractivity contribution in [3.05, 3.63) is 29.8 Å². The normalized spacial score (nSPS) is 48.6. The maximum atomic E-state index is 6.05. The van der Waals surface area contributed by atoms with Crippen molar-refractivity contribution in [1.82, 2.24) is 0 Å². The summed E-state index contributed by atoms with van der Waals surface area (Å²) in [4.78, 5) is 11.7. The molecule has 4 bridgehead atoms. The molecule has 5 fully saturated rings. The fourth-order valence-electron chi connectivity index (χ4n) is 6.21. The zero-order valence-corrected chi connectivity index (χ0v) is 13.4. The molecular formula is C18H23BO3. The second-order valence-corrected chi connectivity index (χ2v) is 7.95. The van der Waals surface area contributed by atoms with Gasteiger partial charge in [-0.3, -0.25) is 0 Å². The summed E-state index contributed by atoms with van der Waals surface area (Å²) < 4.78 is 6.05. The number of benzene rings is 1. The predicted molar refractivity (Wildman–Crippen MR) is 85.3 cm³/mol. The zero-order chi connectivity index (χ0) is 14.9. The molecule has 116 valence electrons. The quantitative estimate of drug-likeness (QED) is 0.616. The lowest BCUT2D eigenvalue weighted by atomic mass is 9.47. The van der Waals surface area contributed by atoms with Crippen molar-refractivity contribution in [2.45, 2.75) is 43.5 Å². The minimum Gasteiger partial charge on any atom is -0.345 e. The molecule has 1 heterocycles. The van der Waals surface area contributed by atoms with E-state index in [9.17, 15) is 0 Å². The minimum absolute atomic E-state index is 0.261. The minimum atomic E-state index is -0.707. The van der Waals surface area contributed by atoms with Crippen LogP contribution in [0.1, 0.15) is 37.7 Å². The molecule has 1 atom stereocenters. The Bertz CT molecular complexity index is 584. The van der Waals surface area contributed by atoms with Crippen molar-refractivity contribution >= 4 is 13.3 Å². The van der Waals surface area contributed by atoms with Gasteiger partial charge in [-0.05, 0) is 55.8 Å². The standard InChI is InChI=1S/C18H23BO3/c1-20-18(13-3-2-4-16(19)10-13)17(21-22-18)14-6-11-5-12(8-14)9-15(17)7-11/h2-4,10-12,14-15H,5-9,19H2,1H3. The first-order valence-corrected chi connectivity index (χ1v) is 8.67. The average Bonchev–Trinajstić information content (AvgIpc) is 2.46. The van der Waals surface area contributed by atoms with Gasteiger partial charge in [-0.25, -0.2) is 4.89 Å². The summed E-state index contributed by atoms with van der Waals surface area (Å²) in [5.74, 6) is 2.27. The fraction of sp³-hybridized carbons (Fsp3) is 0.667. The lowest BCUT2D eigenvalue weighted by Gasteiger charge is -2.68. The smallest absolute Gasteiger partial charge is 0.260 e. The summed E-state index contributed by atoms with van der Waals surface area (Å²) in [5, 5.41) is 0. The first kappa shape index (κ1) is 13.6. The van der Waals surface area contributed by atoms with Crippen molar-refractivity contribution < 1.29 is 14.5 Å². The van der Waals surface area contributed by atoms with Gasteiger partial charge in [0.25, 0.3) is 5.79 Å². The molecule has 6 rings (SSSR count). The first-order valence-electron chi connectivity index (χ1n) is 8.67. The summed E-state index contributed by atoms with van der Waals surface area (Å²) in [6.45, 7) is 0. The van der Waals surface area contributed by atoms with Crippen molar-refractivity contribution in [2.75, 3.05) is 7.11 Å². The molecule has 4 saturated carbocycles. The highest BCUT2D eigenvalue weighted by atomic mass is 17.3. The Labute approximate surface area is 132 Å². The number of hydrogen-bond donors (Lipinski definition) is 0. The van der Waals surface area contributed by atoms with Crippen LogP contribution in [0.5, 0.6) is 0 Å². The number of methoxy groups -OCH3 is 1. The van der Waals surface area contributed by atoms with Gasteiger partial charge in [-0.15, -0.1) is 0 Å². The van der Waals surface area contributed by atoms with E-state index in [1.807, 2.05) is 0 Å². The molecule has 0 aromatic heterocycles. The summed E-state index contributed by atoms with van der Waals surface area (Å²) in [5.41, 5.74) is 2.10. The van der Waals surface area contributed by atoms with Gasteiger partial charge in [0.2, 0.25) is 0 Å². The maximum absolute atomic E-state index is 6.05. The van der Waals surface area contributed by atoms with Crippen LogP contribution >= 0.6 is 0 Å². The van der Waals surface area contributed by atoms with Crippen LogP contribution in [0.2, 0.25) is 0 Å². The van der Waals surface area contributed by atoms with Crippen molar-refractivity contribution in [1.29, 1.82) is 0 Å². The van der Waals surface area contributed by atoms with Crippen LogP contribution in [0.25, 0.3) is 0 Å². The molecule has 4 aliphatic carbocycles. The Morgan fingerprint density at radius 1 is 1.05 bits per heavy atom. The van der Waals surface area contributed by atoms with E-state index >= 15 is 0 Å². The molecule has 1 unspecified atom stereocenters. The summed E-state index contributed by atoms with van der Waals surface area (Å²) >= 11 is 0. The van der Waals surface area contributed by atoms with Gasteiger partial charge in [0.1, 0.15) is 7.85 Å². The molecule has 1 aliphatic heterocycles. The number of ether oxygens (including phenoxy) is 1. The molecular weight excluding hydrogens is 275 g/mol. The third-order valence-electron chi connectivity index (χ3n) is 6.85. The molecule has 4 heteroatoms. The zero-order valence-electron chi connectivity index (χ0n) is 13.4. The monoisotopic (exact) mass is 298 g/mol. The fourth-order valence-corrected chi connectivity index (χ4v) is 6.21. The maximum Gasteiger partial charge on any atom is 0.260 e. The van der Waals surface area contributed by atoms with Gasteiger partial charge < -0.3 is 4.74 Å². The first-order chi connectivity index (χ1) is 10.7. The summed E-state index contributed by atoms with van der Waals surface area (Å²) in [6, 6.07) is 8.54. The van der Waals surface area contributed by atoms with E-state index in [2.05, 4.69) is 32.1 Å².